The molecule has 1 aliphatic rings. The summed E-state index contributed by atoms with van der Waals surface area (Å²) in [6.07, 6.45) is 7.13. The van der Waals surface area contributed by atoms with Crippen LogP contribution in [-0.4, -0.2) is 53.7 Å². The Morgan fingerprint density at radius 3 is 2.76 bits per heavy atom. The average Bonchev–Trinajstić information content (AvgIpc) is 3.50. The number of carbonyl (C=O) groups excluding carboxylic acids is 2. The van der Waals surface area contributed by atoms with Gasteiger partial charge in [-0.25, -0.2) is 14.0 Å². The van der Waals surface area contributed by atoms with Gasteiger partial charge < -0.3 is 9.64 Å². The number of amides is 2. The molecule has 1 aromatic carbocycles. The number of anilines is 1. The monoisotopic (exact) mass is 599 g/mol. The van der Waals surface area contributed by atoms with Crippen LogP contribution in [-0.2, 0) is 4.74 Å². The number of fused-ring (bicyclic) bond motifs is 1. The van der Waals surface area contributed by atoms with Gasteiger partial charge in [-0.15, -0.1) is 5.10 Å². The smallest absolute Gasteiger partial charge is 0.412 e. The van der Waals surface area contributed by atoms with Crippen LogP contribution in [0, 0.1) is 0 Å². The number of aromatic nitrogens is 5. The highest BCUT2D eigenvalue weighted by atomic mass is 79.9. The van der Waals surface area contributed by atoms with E-state index in [2.05, 4.69) is 36.7 Å². The Kier molecular flexibility index (Phi) is 7.15. The maximum Gasteiger partial charge on any atom is 0.412 e. The van der Waals surface area contributed by atoms with Crippen molar-refractivity contribution in [3.05, 3.63) is 69.7 Å². The van der Waals surface area contributed by atoms with E-state index in [1.54, 1.807) is 60.6 Å². The van der Waals surface area contributed by atoms with Crippen molar-refractivity contribution in [2.45, 2.75) is 51.7 Å². The molecule has 1 fully saturated rings. The normalized spacial score (nSPS) is 16.0. The van der Waals surface area contributed by atoms with Crippen LogP contribution in [0.2, 0.25) is 5.02 Å². The molecule has 5 rings (SSSR count). The van der Waals surface area contributed by atoms with E-state index in [4.69, 9.17) is 16.3 Å². The average molecular weight is 601 g/mol. The summed E-state index contributed by atoms with van der Waals surface area (Å²) in [5.41, 5.74) is 2.30. The fourth-order valence-electron chi connectivity index (χ4n) is 4.50. The maximum atomic E-state index is 13.8. The third kappa shape index (κ3) is 5.53. The first-order chi connectivity index (χ1) is 18.1. The van der Waals surface area contributed by atoms with Gasteiger partial charge in [0.15, 0.2) is 0 Å². The lowest BCUT2D eigenvalue weighted by Crippen LogP contribution is -2.38. The Bertz CT molecular complexity index is 1510. The Hall–Kier alpha value is -3.44. The van der Waals surface area contributed by atoms with Crippen LogP contribution < -0.4 is 5.32 Å². The van der Waals surface area contributed by atoms with E-state index in [1.165, 1.54) is 0 Å². The number of piperidine rings is 1. The van der Waals surface area contributed by atoms with E-state index in [-0.39, 0.29) is 11.9 Å². The zero-order valence-corrected chi connectivity index (χ0v) is 23.5. The van der Waals surface area contributed by atoms with Crippen molar-refractivity contribution in [1.29, 1.82) is 0 Å². The van der Waals surface area contributed by atoms with Gasteiger partial charge in [0.1, 0.15) is 11.3 Å². The van der Waals surface area contributed by atoms with Crippen LogP contribution in [0.5, 0.6) is 0 Å². The Morgan fingerprint density at radius 1 is 1.18 bits per heavy atom. The minimum absolute atomic E-state index is 0.157. The molecule has 0 radical (unpaired) electrons. The zero-order chi connectivity index (χ0) is 27.0. The molecule has 0 saturated carbocycles. The third-order valence-electron chi connectivity index (χ3n) is 6.17. The number of ether oxygens (including phenoxy) is 1. The molecule has 4 aromatic rings. The molecule has 1 aliphatic heterocycles. The van der Waals surface area contributed by atoms with E-state index in [0.29, 0.717) is 39.7 Å². The van der Waals surface area contributed by atoms with Crippen molar-refractivity contribution in [3.8, 4) is 5.69 Å². The lowest BCUT2D eigenvalue weighted by Gasteiger charge is -2.34. The van der Waals surface area contributed by atoms with E-state index in [1.807, 2.05) is 23.2 Å². The number of hydrogen-bond acceptors (Lipinski definition) is 6. The predicted octanol–water partition coefficient (Wildman–Crippen LogP) is 6.05. The van der Waals surface area contributed by atoms with Gasteiger partial charge in [-0.1, -0.05) is 32.7 Å². The zero-order valence-electron chi connectivity index (χ0n) is 21.2. The van der Waals surface area contributed by atoms with Crippen LogP contribution in [0.1, 0.15) is 62.1 Å². The van der Waals surface area contributed by atoms with Gasteiger partial charge in [0.05, 0.1) is 40.2 Å². The summed E-state index contributed by atoms with van der Waals surface area (Å²) < 4.78 is 9.45. The topological polar surface area (TPSA) is 107 Å². The molecular weight excluding hydrogens is 574 g/mol. The van der Waals surface area contributed by atoms with Crippen LogP contribution in [0.15, 0.2) is 53.4 Å². The first-order valence-corrected chi connectivity index (χ1v) is 13.4. The van der Waals surface area contributed by atoms with Crippen molar-refractivity contribution in [2.75, 3.05) is 11.9 Å². The highest BCUT2D eigenvalue weighted by molar-refractivity contribution is 9.10. The highest BCUT2D eigenvalue weighted by Crippen LogP contribution is 2.33. The lowest BCUT2D eigenvalue weighted by molar-refractivity contribution is 0.0605. The molecular formula is C26H27BrClN7O3. The molecule has 0 aliphatic carbocycles. The van der Waals surface area contributed by atoms with Crippen LogP contribution in [0.25, 0.3) is 11.2 Å². The number of likely N-dealkylation sites (tertiary alicyclic amines) is 1. The summed E-state index contributed by atoms with van der Waals surface area (Å²) in [5.74, 6) is -0.157. The van der Waals surface area contributed by atoms with Gasteiger partial charge >= 0.3 is 6.09 Å². The molecule has 1 unspecified atom stereocenters. The molecule has 1 atom stereocenters. The molecule has 0 bridgehead atoms. The Labute approximate surface area is 233 Å². The largest absolute Gasteiger partial charge is 0.444 e. The number of carbonyl (C=O) groups is 2. The third-order valence-corrected chi connectivity index (χ3v) is 6.97. The molecule has 198 valence electrons. The van der Waals surface area contributed by atoms with Gasteiger partial charge in [0.25, 0.3) is 5.91 Å². The quantitative estimate of drug-likeness (QED) is 0.306. The molecule has 38 heavy (non-hydrogen) atoms. The number of pyridine rings is 1. The van der Waals surface area contributed by atoms with Gasteiger partial charge in [-0.2, -0.15) is 5.10 Å². The number of nitrogens with one attached hydrogen (secondary N) is 1. The first kappa shape index (κ1) is 26.2. The molecule has 10 nitrogen and oxygen atoms in total. The fourth-order valence-corrected chi connectivity index (χ4v) is 5.26. The standard InChI is InChI=1S/C26H27BrClN7O3/c1-26(2,3)38-25(37)30-17-9-11-34-23(13-17)18(14-29-34)24(36)33-10-5-4-6-22(33)20-15-35(32-31-20)21-8-7-16(27)12-19(21)28/h7-9,11-15,22H,4-6,10H2,1-3H3,(H,30,37). The summed E-state index contributed by atoms with van der Waals surface area (Å²) in [5, 5.41) is 16.3. The second kappa shape index (κ2) is 10.4. The second-order valence-corrected chi connectivity index (χ2v) is 11.4. The van der Waals surface area contributed by atoms with E-state index >= 15 is 0 Å². The molecule has 3 aromatic heterocycles. The van der Waals surface area contributed by atoms with Gasteiger partial charge in [0.2, 0.25) is 0 Å². The van der Waals surface area contributed by atoms with Crippen molar-refractivity contribution in [3.63, 3.8) is 0 Å². The fraction of sp³-hybridized carbons (Fsp3) is 0.346. The second-order valence-electron chi connectivity index (χ2n) is 10.1. The van der Waals surface area contributed by atoms with Crippen molar-refractivity contribution >= 4 is 50.7 Å². The Morgan fingerprint density at radius 2 is 2.00 bits per heavy atom. The van der Waals surface area contributed by atoms with E-state index in [9.17, 15) is 9.59 Å². The minimum Gasteiger partial charge on any atom is -0.444 e. The van der Waals surface area contributed by atoms with Crippen molar-refractivity contribution in [1.82, 2.24) is 29.5 Å². The van der Waals surface area contributed by atoms with Crippen LogP contribution >= 0.6 is 27.5 Å². The molecule has 2 amide bonds. The van der Waals surface area contributed by atoms with Crippen LogP contribution in [0.4, 0.5) is 10.5 Å². The molecule has 4 heterocycles. The molecule has 0 spiro atoms. The van der Waals surface area contributed by atoms with Gasteiger partial charge in [0, 0.05) is 22.9 Å². The maximum absolute atomic E-state index is 13.8. The number of hydrogen-bond donors (Lipinski definition) is 1. The number of nitrogens with zero attached hydrogens (tertiary/aromatic N) is 6. The molecule has 1 saturated heterocycles. The number of rotatable bonds is 4. The molecule has 1 N–H and O–H groups in total. The minimum atomic E-state index is -0.625. The summed E-state index contributed by atoms with van der Waals surface area (Å²) in [4.78, 5) is 27.9. The summed E-state index contributed by atoms with van der Waals surface area (Å²) >= 11 is 9.83. The Balaban J connectivity index is 1.41. The highest BCUT2D eigenvalue weighted by Gasteiger charge is 2.32. The van der Waals surface area contributed by atoms with Crippen molar-refractivity contribution in [2.24, 2.45) is 0 Å². The summed E-state index contributed by atoms with van der Waals surface area (Å²) in [6.45, 7) is 5.97. The lowest BCUT2D eigenvalue weighted by atomic mass is 9.98. The predicted molar refractivity (Wildman–Crippen MR) is 147 cm³/mol. The van der Waals surface area contributed by atoms with E-state index in [0.717, 1.165) is 23.7 Å². The summed E-state index contributed by atoms with van der Waals surface area (Å²) in [6, 6.07) is 8.72. The summed E-state index contributed by atoms with van der Waals surface area (Å²) in [7, 11) is 0. The molecule has 12 heteroatoms. The first-order valence-electron chi connectivity index (χ1n) is 12.2. The van der Waals surface area contributed by atoms with Gasteiger partial charge in [-0.05, 0) is 70.4 Å². The number of benzene rings is 1. The van der Waals surface area contributed by atoms with Gasteiger partial charge in [-0.3, -0.25) is 10.1 Å². The SMILES string of the molecule is CC(C)(C)OC(=O)Nc1ccn2ncc(C(=O)N3CCCCC3c3cn(-c4ccc(Br)cc4Cl)nn3)c2c1. The van der Waals surface area contributed by atoms with Crippen molar-refractivity contribution < 1.29 is 14.3 Å². The van der Waals surface area contributed by atoms with E-state index < -0.39 is 11.7 Å². The number of halogens is 2. The van der Waals surface area contributed by atoms with Crippen LogP contribution in [0.3, 0.4) is 0 Å².